The first-order valence-corrected chi connectivity index (χ1v) is 10.4. The number of fused-ring (bicyclic) bond motifs is 3. The van der Waals surface area contributed by atoms with Crippen molar-refractivity contribution < 1.29 is 4.79 Å². The van der Waals surface area contributed by atoms with Gasteiger partial charge in [0.15, 0.2) is 5.78 Å². The van der Waals surface area contributed by atoms with E-state index < -0.39 is 0 Å². The van der Waals surface area contributed by atoms with Crippen LogP contribution in [-0.2, 0) is 5.41 Å². The zero-order valence-corrected chi connectivity index (χ0v) is 18.3. The van der Waals surface area contributed by atoms with Crippen LogP contribution in [0.4, 0.5) is 0 Å². The van der Waals surface area contributed by atoms with Crippen molar-refractivity contribution >= 4 is 43.7 Å². The highest BCUT2D eigenvalue weighted by molar-refractivity contribution is 9.11. The molecule has 0 aliphatic heterocycles. The van der Waals surface area contributed by atoms with Gasteiger partial charge in [0.05, 0.1) is 0 Å². The second-order valence-electron chi connectivity index (χ2n) is 7.33. The van der Waals surface area contributed by atoms with Gasteiger partial charge in [-0.05, 0) is 58.2 Å². The number of rotatable bonds is 3. The predicted octanol–water partition coefficient (Wildman–Crippen LogP) is 7.41. The van der Waals surface area contributed by atoms with E-state index in [0.29, 0.717) is 0 Å². The van der Waals surface area contributed by atoms with Gasteiger partial charge in [-0.1, -0.05) is 88.2 Å². The van der Waals surface area contributed by atoms with Crippen molar-refractivity contribution in [3.05, 3.63) is 97.9 Å². The zero-order valence-electron chi connectivity index (χ0n) is 15.1. The maximum Gasteiger partial charge on any atom is 0.185 e. The van der Waals surface area contributed by atoms with Gasteiger partial charge >= 0.3 is 0 Å². The van der Waals surface area contributed by atoms with E-state index in [0.717, 1.165) is 20.1 Å². The molecule has 3 heteroatoms. The maximum atomic E-state index is 12.8. The Hall–Kier alpha value is -1.97. The van der Waals surface area contributed by atoms with Crippen molar-refractivity contribution in [1.82, 2.24) is 0 Å². The lowest BCUT2D eigenvalue weighted by atomic mass is 9.82. The molecule has 0 N–H and O–H groups in total. The van der Waals surface area contributed by atoms with Crippen LogP contribution in [0, 0.1) is 0 Å². The second-order valence-corrected chi connectivity index (χ2v) is 9.16. The molecule has 0 amide bonds. The van der Waals surface area contributed by atoms with Crippen molar-refractivity contribution in [3.8, 4) is 11.1 Å². The molecule has 134 valence electrons. The standard InChI is InChI=1S/C24H18Br2O/c1-24(2)21-6-4-3-5-19(21)20-9-8-16(13-22(20)24)23(27)10-7-15-11-17(25)14-18(26)12-15/h3-14H,1-2H3. The Labute approximate surface area is 176 Å². The number of benzene rings is 3. The number of carbonyl (C=O) groups is 1. The second kappa shape index (κ2) is 6.88. The number of hydrogen-bond donors (Lipinski definition) is 0. The van der Waals surface area contributed by atoms with Crippen LogP contribution in [0.2, 0.25) is 0 Å². The average molecular weight is 482 g/mol. The fourth-order valence-corrected chi connectivity index (χ4v) is 5.13. The van der Waals surface area contributed by atoms with Crippen LogP contribution in [0.25, 0.3) is 17.2 Å². The van der Waals surface area contributed by atoms with Crippen LogP contribution in [0.3, 0.4) is 0 Å². The van der Waals surface area contributed by atoms with E-state index in [1.807, 2.05) is 30.3 Å². The van der Waals surface area contributed by atoms with Crippen molar-refractivity contribution in [2.24, 2.45) is 0 Å². The molecular formula is C24H18Br2O. The Bertz CT molecular complexity index is 1070. The van der Waals surface area contributed by atoms with E-state index in [-0.39, 0.29) is 11.2 Å². The highest BCUT2D eigenvalue weighted by Crippen LogP contribution is 2.48. The van der Waals surface area contributed by atoms with E-state index in [1.54, 1.807) is 6.08 Å². The highest BCUT2D eigenvalue weighted by atomic mass is 79.9. The fourth-order valence-electron chi connectivity index (χ4n) is 3.80. The van der Waals surface area contributed by atoms with Gasteiger partial charge in [0.25, 0.3) is 0 Å². The molecule has 0 saturated heterocycles. The van der Waals surface area contributed by atoms with Crippen LogP contribution in [-0.4, -0.2) is 5.78 Å². The molecular weight excluding hydrogens is 464 g/mol. The maximum absolute atomic E-state index is 12.8. The van der Waals surface area contributed by atoms with Crippen LogP contribution in [0.1, 0.15) is 40.9 Å². The minimum atomic E-state index is -0.0961. The SMILES string of the molecule is CC1(C)c2ccccc2-c2ccc(C(=O)C=Cc3cc(Br)cc(Br)c3)cc21. The molecule has 0 bridgehead atoms. The molecule has 27 heavy (non-hydrogen) atoms. The Kier molecular flexibility index (Phi) is 4.69. The van der Waals surface area contributed by atoms with Crippen molar-refractivity contribution in [2.45, 2.75) is 19.3 Å². The third-order valence-corrected chi connectivity index (χ3v) is 6.10. The summed E-state index contributed by atoms with van der Waals surface area (Å²) in [4.78, 5) is 12.8. The zero-order chi connectivity index (χ0) is 19.2. The van der Waals surface area contributed by atoms with E-state index in [2.05, 4.69) is 82.1 Å². The molecule has 1 aliphatic rings. The first-order valence-electron chi connectivity index (χ1n) is 8.79. The molecule has 3 aromatic rings. The molecule has 0 fully saturated rings. The van der Waals surface area contributed by atoms with Gasteiger partial charge < -0.3 is 0 Å². The number of carbonyl (C=O) groups excluding carboxylic acids is 1. The minimum Gasteiger partial charge on any atom is -0.289 e. The predicted molar refractivity (Wildman–Crippen MR) is 119 cm³/mol. The molecule has 0 radical (unpaired) electrons. The Morgan fingerprint density at radius 1 is 0.852 bits per heavy atom. The summed E-state index contributed by atoms with van der Waals surface area (Å²) in [6, 6.07) is 20.5. The Balaban J connectivity index is 1.68. The monoisotopic (exact) mass is 480 g/mol. The minimum absolute atomic E-state index is 0.0145. The lowest BCUT2D eigenvalue weighted by Crippen LogP contribution is -2.15. The summed E-state index contributed by atoms with van der Waals surface area (Å²) in [5.74, 6) is 0.0145. The Morgan fingerprint density at radius 3 is 2.26 bits per heavy atom. The number of hydrogen-bond acceptors (Lipinski definition) is 1. The summed E-state index contributed by atoms with van der Waals surface area (Å²) in [5, 5.41) is 0. The molecule has 3 aromatic carbocycles. The third kappa shape index (κ3) is 3.35. The van der Waals surface area contributed by atoms with Gasteiger partial charge in [0.1, 0.15) is 0 Å². The van der Waals surface area contributed by atoms with E-state index >= 15 is 0 Å². The lowest BCUT2D eigenvalue weighted by molar-refractivity contribution is 0.104. The number of halogens is 2. The van der Waals surface area contributed by atoms with Crippen LogP contribution >= 0.6 is 31.9 Å². The largest absolute Gasteiger partial charge is 0.289 e. The summed E-state index contributed by atoms with van der Waals surface area (Å²) in [6.45, 7) is 4.45. The first kappa shape index (κ1) is 18.4. The molecule has 0 spiro atoms. The smallest absolute Gasteiger partial charge is 0.185 e. The summed E-state index contributed by atoms with van der Waals surface area (Å²) >= 11 is 6.95. The molecule has 0 atom stereocenters. The van der Waals surface area contributed by atoms with Crippen LogP contribution < -0.4 is 0 Å². The van der Waals surface area contributed by atoms with E-state index in [1.165, 1.54) is 22.3 Å². The first-order chi connectivity index (χ1) is 12.9. The summed E-state index contributed by atoms with van der Waals surface area (Å²) in [7, 11) is 0. The summed E-state index contributed by atoms with van der Waals surface area (Å²) in [6.07, 6.45) is 3.50. The molecule has 1 nitrogen and oxygen atoms in total. The lowest BCUT2D eigenvalue weighted by Gasteiger charge is -2.21. The van der Waals surface area contributed by atoms with Gasteiger partial charge in [0, 0.05) is 19.9 Å². The van der Waals surface area contributed by atoms with Gasteiger partial charge in [-0.2, -0.15) is 0 Å². The molecule has 1 aliphatic carbocycles. The summed E-state index contributed by atoms with van der Waals surface area (Å²) < 4.78 is 1.95. The van der Waals surface area contributed by atoms with Crippen LogP contribution in [0.15, 0.2) is 75.7 Å². The molecule has 4 rings (SSSR count). The normalized spacial score (nSPS) is 14.2. The Morgan fingerprint density at radius 2 is 1.52 bits per heavy atom. The average Bonchev–Trinajstić information content (AvgIpc) is 2.87. The molecule has 0 saturated carbocycles. The molecule has 0 aromatic heterocycles. The van der Waals surface area contributed by atoms with Crippen LogP contribution in [0.5, 0.6) is 0 Å². The third-order valence-electron chi connectivity index (χ3n) is 5.18. The van der Waals surface area contributed by atoms with Gasteiger partial charge in [-0.3, -0.25) is 4.79 Å². The molecule has 0 unspecified atom stereocenters. The fraction of sp³-hybridized carbons (Fsp3) is 0.125. The quantitative estimate of drug-likeness (QED) is 0.281. The van der Waals surface area contributed by atoms with Gasteiger partial charge in [-0.15, -0.1) is 0 Å². The highest BCUT2D eigenvalue weighted by Gasteiger charge is 2.35. The van der Waals surface area contributed by atoms with Crippen molar-refractivity contribution in [2.75, 3.05) is 0 Å². The van der Waals surface area contributed by atoms with Crippen molar-refractivity contribution in [1.29, 1.82) is 0 Å². The molecule has 0 heterocycles. The topological polar surface area (TPSA) is 17.1 Å². The van der Waals surface area contributed by atoms with Gasteiger partial charge in [-0.25, -0.2) is 0 Å². The van der Waals surface area contributed by atoms with E-state index in [4.69, 9.17) is 0 Å². The van der Waals surface area contributed by atoms with Crippen molar-refractivity contribution in [3.63, 3.8) is 0 Å². The summed E-state index contributed by atoms with van der Waals surface area (Å²) in [5.41, 5.74) is 6.63. The van der Waals surface area contributed by atoms with E-state index in [9.17, 15) is 4.79 Å². The number of allylic oxidation sites excluding steroid dienone is 1. The number of ketones is 1. The van der Waals surface area contributed by atoms with Gasteiger partial charge in [0.2, 0.25) is 0 Å².